The quantitative estimate of drug-likeness (QED) is 0.358. The average molecular weight is 451 g/mol. The highest BCUT2D eigenvalue weighted by atomic mass is 19.4. The summed E-state index contributed by atoms with van der Waals surface area (Å²) >= 11 is 0. The van der Waals surface area contributed by atoms with Crippen LogP contribution in [0, 0.1) is 23.7 Å². The van der Waals surface area contributed by atoms with Gasteiger partial charge in [0.25, 0.3) is 0 Å². The number of rotatable bonds is 8. The predicted octanol–water partition coefficient (Wildman–Crippen LogP) is 9.42. The van der Waals surface area contributed by atoms with Crippen molar-refractivity contribution < 1.29 is 17.9 Å². The van der Waals surface area contributed by atoms with Crippen molar-refractivity contribution in [1.82, 2.24) is 0 Å². The number of alkyl halides is 3. The Bertz CT molecular complexity index is 661. The van der Waals surface area contributed by atoms with E-state index in [1.807, 2.05) is 12.1 Å². The molecular formula is C28H41F3O. The lowest BCUT2D eigenvalue weighted by Crippen LogP contribution is -2.25. The molecule has 0 bridgehead atoms. The van der Waals surface area contributed by atoms with Gasteiger partial charge in [0, 0.05) is 0 Å². The second-order valence-electron chi connectivity index (χ2n) is 10.9. The van der Waals surface area contributed by atoms with Gasteiger partial charge in [-0.05, 0) is 85.8 Å². The van der Waals surface area contributed by atoms with E-state index in [1.165, 1.54) is 120 Å². The van der Waals surface area contributed by atoms with Crippen LogP contribution < -0.4 is 4.74 Å². The SMILES string of the molecule is FC(F)(F)Oc1ccc([C@H]2CC[C@H]([C@H]3CC[C@H](CCCCC4CCCC4)CC3)CC2)cc1. The van der Waals surface area contributed by atoms with E-state index in [9.17, 15) is 13.2 Å². The van der Waals surface area contributed by atoms with Gasteiger partial charge in [0.1, 0.15) is 5.75 Å². The zero-order valence-corrected chi connectivity index (χ0v) is 19.6. The molecule has 0 unspecified atom stereocenters. The van der Waals surface area contributed by atoms with Gasteiger partial charge in [-0.25, -0.2) is 0 Å². The molecule has 0 aromatic heterocycles. The molecular weight excluding hydrogens is 409 g/mol. The van der Waals surface area contributed by atoms with Gasteiger partial charge in [-0.1, -0.05) is 76.3 Å². The summed E-state index contributed by atoms with van der Waals surface area (Å²) in [6, 6.07) is 6.57. The topological polar surface area (TPSA) is 9.23 Å². The summed E-state index contributed by atoms with van der Waals surface area (Å²) in [5.41, 5.74) is 1.17. The molecule has 0 atom stereocenters. The molecule has 1 aromatic rings. The number of halogens is 3. The van der Waals surface area contributed by atoms with Gasteiger partial charge in [-0.15, -0.1) is 13.2 Å². The van der Waals surface area contributed by atoms with Gasteiger partial charge in [0.15, 0.2) is 0 Å². The molecule has 4 heteroatoms. The van der Waals surface area contributed by atoms with E-state index >= 15 is 0 Å². The summed E-state index contributed by atoms with van der Waals surface area (Å²) in [7, 11) is 0. The number of benzene rings is 1. The van der Waals surface area contributed by atoms with Crippen LogP contribution in [0.3, 0.4) is 0 Å². The minimum Gasteiger partial charge on any atom is -0.406 e. The fourth-order valence-corrected chi connectivity index (χ4v) is 6.98. The van der Waals surface area contributed by atoms with Gasteiger partial charge < -0.3 is 4.74 Å². The Kier molecular flexibility index (Phi) is 8.45. The molecule has 3 aliphatic carbocycles. The van der Waals surface area contributed by atoms with Crippen LogP contribution in [0.15, 0.2) is 24.3 Å². The molecule has 3 fully saturated rings. The van der Waals surface area contributed by atoms with E-state index in [0.29, 0.717) is 5.92 Å². The first kappa shape index (κ1) is 24.0. The Morgan fingerprint density at radius 3 is 1.69 bits per heavy atom. The molecule has 3 saturated carbocycles. The van der Waals surface area contributed by atoms with Crippen molar-refractivity contribution in [3.8, 4) is 5.75 Å². The normalized spacial score (nSPS) is 29.8. The number of hydrogen-bond acceptors (Lipinski definition) is 1. The summed E-state index contributed by atoms with van der Waals surface area (Å²) < 4.78 is 41.1. The van der Waals surface area contributed by atoms with E-state index in [0.717, 1.165) is 23.7 Å². The summed E-state index contributed by atoms with van der Waals surface area (Å²) in [6.07, 6.45) is 17.8. The molecule has 32 heavy (non-hydrogen) atoms. The first-order chi connectivity index (χ1) is 15.5. The Morgan fingerprint density at radius 1 is 0.656 bits per heavy atom. The molecule has 1 aromatic carbocycles. The van der Waals surface area contributed by atoms with Crippen LogP contribution in [0.2, 0.25) is 0 Å². The standard InChI is InChI=1S/C28H41F3O/c29-28(30,31)32-27-19-17-26(18-20-27)25-15-13-24(14-16-25)23-11-9-22(10-12-23)8-4-3-7-21-5-1-2-6-21/h17-25H,1-16H2/t22-,23-,24-,25-. The largest absolute Gasteiger partial charge is 0.573 e. The van der Waals surface area contributed by atoms with Crippen LogP contribution in [0.4, 0.5) is 13.2 Å². The summed E-state index contributed by atoms with van der Waals surface area (Å²) in [5.74, 6) is 4.17. The molecule has 0 aliphatic heterocycles. The van der Waals surface area contributed by atoms with Crippen molar-refractivity contribution in [1.29, 1.82) is 0 Å². The van der Waals surface area contributed by atoms with Crippen molar-refractivity contribution in [3.05, 3.63) is 29.8 Å². The van der Waals surface area contributed by atoms with Crippen molar-refractivity contribution >= 4 is 0 Å². The smallest absolute Gasteiger partial charge is 0.406 e. The van der Waals surface area contributed by atoms with Crippen LogP contribution in [0.1, 0.15) is 114 Å². The Labute approximate surface area is 192 Å². The molecule has 0 amide bonds. The minimum atomic E-state index is -4.62. The zero-order chi connectivity index (χ0) is 22.4. The average Bonchev–Trinajstić information content (AvgIpc) is 3.30. The van der Waals surface area contributed by atoms with Crippen LogP contribution in [0.5, 0.6) is 5.75 Å². The molecule has 4 rings (SSSR count). The number of hydrogen-bond donors (Lipinski definition) is 0. The lowest BCUT2D eigenvalue weighted by atomic mass is 9.68. The molecule has 0 spiro atoms. The van der Waals surface area contributed by atoms with Gasteiger partial charge in [-0.3, -0.25) is 0 Å². The molecule has 0 heterocycles. The van der Waals surface area contributed by atoms with Crippen LogP contribution in [-0.4, -0.2) is 6.36 Å². The van der Waals surface area contributed by atoms with Crippen LogP contribution in [-0.2, 0) is 0 Å². The van der Waals surface area contributed by atoms with E-state index in [1.54, 1.807) is 0 Å². The van der Waals surface area contributed by atoms with Crippen molar-refractivity contribution in [2.24, 2.45) is 23.7 Å². The van der Waals surface area contributed by atoms with Gasteiger partial charge in [-0.2, -0.15) is 0 Å². The van der Waals surface area contributed by atoms with E-state index < -0.39 is 6.36 Å². The van der Waals surface area contributed by atoms with Crippen LogP contribution in [0.25, 0.3) is 0 Å². The number of ether oxygens (including phenoxy) is 1. The fourth-order valence-electron chi connectivity index (χ4n) is 6.98. The third-order valence-electron chi connectivity index (χ3n) is 8.86. The Balaban J connectivity index is 1.12. The molecule has 0 saturated heterocycles. The van der Waals surface area contributed by atoms with E-state index in [2.05, 4.69) is 4.74 Å². The van der Waals surface area contributed by atoms with Crippen molar-refractivity contribution in [3.63, 3.8) is 0 Å². The molecule has 3 aliphatic rings. The summed E-state index contributed by atoms with van der Waals surface area (Å²) in [5, 5.41) is 0. The molecule has 0 N–H and O–H groups in total. The molecule has 1 nitrogen and oxygen atoms in total. The Morgan fingerprint density at radius 2 is 1.16 bits per heavy atom. The maximum absolute atomic E-state index is 12.4. The van der Waals surface area contributed by atoms with Gasteiger partial charge in [0.05, 0.1) is 0 Å². The van der Waals surface area contributed by atoms with Crippen molar-refractivity contribution in [2.45, 2.75) is 115 Å². The summed E-state index contributed by atoms with van der Waals surface area (Å²) in [6.45, 7) is 0. The minimum absolute atomic E-state index is 0.120. The van der Waals surface area contributed by atoms with Crippen molar-refractivity contribution in [2.75, 3.05) is 0 Å². The second-order valence-corrected chi connectivity index (χ2v) is 10.9. The van der Waals surface area contributed by atoms with E-state index in [4.69, 9.17) is 0 Å². The molecule has 0 radical (unpaired) electrons. The monoisotopic (exact) mass is 450 g/mol. The lowest BCUT2D eigenvalue weighted by molar-refractivity contribution is -0.274. The highest BCUT2D eigenvalue weighted by Crippen LogP contribution is 2.45. The first-order valence-corrected chi connectivity index (χ1v) is 13.3. The maximum atomic E-state index is 12.4. The Hall–Kier alpha value is -1.19. The first-order valence-electron chi connectivity index (χ1n) is 13.3. The third-order valence-corrected chi connectivity index (χ3v) is 8.86. The second kappa shape index (κ2) is 11.3. The molecule has 180 valence electrons. The van der Waals surface area contributed by atoms with E-state index in [-0.39, 0.29) is 5.75 Å². The van der Waals surface area contributed by atoms with Crippen LogP contribution >= 0.6 is 0 Å². The lowest BCUT2D eigenvalue weighted by Gasteiger charge is -2.38. The highest BCUT2D eigenvalue weighted by molar-refractivity contribution is 5.29. The predicted molar refractivity (Wildman–Crippen MR) is 124 cm³/mol. The van der Waals surface area contributed by atoms with Gasteiger partial charge in [0.2, 0.25) is 0 Å². The number of unbranched alkanes of at least 4 members (excludes halogenated alkanes) is 1. The third kappa shape index (κ3) is 7.15. The maximum Gasteiger partial charge on any atom is 0.573 e. The fraction of sp³-hybridized carbons (Fsp3) is 0.786. The highest BCUT2D eigenvalue weighted by Gasteiger charge is 2.32. The zero-order valence-electron chi connectivity index (χ0n) is 19.6. The summed E-state index contributed by atoms with van der Waals surface area (Å²) in [4.78, 5) is 0. The van der Waals surface area contributed by atoms with Gasteiger partial charge >= 0.3 is 6.36 Å².